The van der Waals surface area contributed by atoms with E-state index in [4.69, 9.17) is 0 Å². The summed E-state index contributed by atoms with van der Waals surface area (Å²) in [5, 5.41) is 27.4. The van der Waals surface area contributed by atoms with Crippen LogP contribution in [0.3, 0.4) is 0 Å². The summed E-state index contributed by atoms with van der Waals surface area (Å²) in [6.45, 7) is 0.499. The molecule has 1 heterocycles. The molecule has 106 valence electrons. The van der Waals surface area contributed by atoms with Gasteiger partial charge in [0.15, 0.2) is 0 Å². The number of hydrogen-bond acceptors (Lipinski definition) is 5. The van der Waals surface area contributed by atoms with E-state index < -0.39 is 0 Å². The van der Waals surface area contributed by atoms with Crippen molar-refractivity contribution in [1.29, 1.82) is 0 Å². The predicted octanol–water partition coefficient (Wildman–Crippen LogP) is 4.13. The van der Waals surface area contributed by atoms with Crippen LogP contribution in [-0.2, 0) is 6.54 Å². The van der Waals surface area contributed by atoms with E-state index in [2.05, 4.69) is 5.32 Å². The molecule has 21 heavy (non-hydrogen) atoms. The Labute approximate surface area is 124 Å². The van der Waals surface area contributed by atoms with Crippen molar-refractivity contribution in [2.24, 2.45) is 0 Å². The summed E-state index contributed by atoms with van der Waals surface area (Å²) in [5.41, 5.74) is 1.75. The molecule has 0 radical (unpaired) electrons. The van der Waals surface area contributed by atoms with Gasteiger partial charge in [0.25, 0.3) is 0 Å². The van der Waals surface area contributed by atoms with Crippen molar-refractivity contribution in [3.8, 4) is 5.75 Å². The Morgan fingerprint density at radius 1 is 1.19 bits per heavy atom. The highest BCUT2D eigenvalue weighted by molar-refractivity contribution is 7.13. The molecule has 0 saturated heterocycles. The van der Waals surface area contributed by atoms with Crippen molar-refractivity contribution in [2.45, 2.75) is 6.54 Å². The van der Waals surface area contributed by atoms with E-state index in [1.807, 2.05) is 24.3 Å². The molecule has 0 spiro atoms. The van der Waals surface area contributed by atoms with Gasteiger partial charge in [-0.05, 0) is 17.7 Å². The number of thiophene rings is 1. The Bertz CT molecular complexity index is 814. The number of hydrogen-bond donors (Lipinski definition) is 2. The molecule has 0 bridgehead atoms. The van der Waals surface area contributed by atoms with Crippen molar-refractivity contribution in [3.05, 3.63) is 63.5 Å². The first kappa shape index (κ1) is 13.4. The maximum Gasteiger partial charge on any atom is 0.324 e. The number of benzene rings is 2. The van der Waals surface area contributed by atoms with Crippen LogP contribution in [0.1, 0.15) is 5.56 Å². The number of nitrogens with one attached hydrogen (secondary N) is 1. The van der Waals surface area contributed by atoms with Gasteiger partial charge in [0.2, 0.25) is 0 Å². The van der Waals surface area contributed by atoms with E-state index in [-0.39, 0.29) is 15.7 Å². The Hall–Kier alpha value is -2.60. The van der Waals surface area contributed by atoms with Gasteiger partial charge in [-0.25, -0.2) is 0 Å². The number of nitrogens with zero attached hydrogens (tertiary/aromatic N) is 1. The van der Waals surface area contributed by atoms with Gasteiger partial charge in [-0.3, -0.25) is 10.1 Å². The van der Waals surface area contributed by atoms with E-state index in [0.29, 0.717) is 6.54 Å². The Morgan fingerprint density at radius 2 is 1.95 bits per heavy atom. The second-order valence-corrected chi connectivity index (χ2v) is 5.47. The molecule has 0 atom stereocenters. The smallest absolute Gasteiger partial charge is 0.324 e. The Kier molecular flexibility index (Phi) is 3.45. The fraction of sp³-hybridized carbons (Fsp3) is 0.0667. The maximum atomic E-state index is 10.7. The fourth-order valence-electron chi connectivity index (χ4n) is 2.20. The van der Waals surface area contributed by atoms with Gasteiger partial charge in [-0.1, -0.05) is 35.6 Å². The van der Waals surface area contributed by atoms with E-state index in [1.165, 1.54) is 0 Å². The van der Waals surface area contributed by atoms with Crippen LogP contribution >= 0.6 is 11.3 Å². The van der Waals surface area contributed by atoms with Crippen LogP contribution in [0.2, 0.25) is 0 Å². The van der Waals surface area contributed by atoms with E-state index >= 15 is 0 Å². The predicted molar refractivity (Wildman–Crippen MR) is 83.9 cm³/mol. The molecule has 0 aliphatic rings. The van der Waals surface area contributed by atoms with Gasteiger partial charge in [0, 0.05) is 34.5 Å². The van der Waals surface area contributed by atoms with Crippen molar-refractivity contribution in [3.63, 3.8) is 0 Å². The van der Waals surface area contributed by atoms with Gasteiger partial charge in [-0.2, -0.15) is 0 Å². The van der Waals surface area contributed by atoms with Crippen LogP contribution in [0.4, 0.5) is 10.7 Å². The number of rotatable bonds is 4. The average molecular weight is 300 g/mol. The van der Waals surface area contributed by atoms with Crippen LogP contribution in [0.5, 0.6) is 5.75 Å². The molecule has 3 aromatic rings. The lowest BCUT2D eigenvalue weighted by molar-refractivity contribution is -0.380. The number of phenols is 1. The zero-order chi connectivity index (χ0) is 14.8. The van der Waals surface area contributed by atoms with Crippen molar-refractivity contribution in [1.82, 2.24) is 0 Å². The number of phenolic OH excluding ortho intramolecular Hbond substituents is 1. The summed E-state index contributed by atoms with van der Waals surface area (Å²) >= 11 is 1.12. The van der Waals surface area contributed by atoms with Crippen molar-refractivity contribution in [2.75, 3.05) is 5.32 Å². The molecule has 1 aromatic heterocycles. The SMILES string of the molecule is O=[N+]([O-])c1cc(CNc2cccc3c(O)cccc23)cs1. The highest BCUT2D eigenvalue weighted by Gasteiger charge is 2.10. The number of nitro groups is 1. The molecule has 2 N–H and O–H groups in total. The van der Waals surface area contributed by atoms with Crippen LogP contribution in [0.15, 0.2) is 47.8 Å². The zero-order valence-corrected chi connectivity index (χ0v) is 11.8. The van der Waals surface area contributed by atoms with E-state index in [0.717, 1.165) is 33.4 Å². The highest BCUT2D eigenvalue weighted by atomic mass is 32.1. The molecule has 0 saturated carbocycles. The average Bonchev–Trinajstić information content (AvgIpc) is 2.95. The van der Waals surface area contributed by atoms with Crippen molar-refractivity contribution >= 4 is 32.8 Å². The molecule has 2 aromatic carbocycles. The normalized spacial score (nSPS) is 10.7. The third-order valence-electron chi connectivity index (χ3n) is 3.20. The fourth-order valence-corrected chi connectivity index (χ4v) is 2.92. The minimum absolute atomic E-state index is 0.141. The molecular weight excluding hydrogens is 288 g/mol. The first-order chi connectivity index (χ1) is 10.1. The molecule has 0 fully saturated rings. The summed E-state index contributed by atoms with van der Waals surface area (Å²) in [4.78, 5) is 10.3. The van der Waals surface area contributed by atoms with E-state index in [1.54, 1.807) is 23.6 Å². The topological polar surface area (TPSA) is 75.4 Å². The zero-order valence-electron chi connectivity index (χ0n) is 10.9. The minimum atomic E-state index is -0.385. The lowest BCUT2D eigenvalue weighted by atomic mass is 10.1. The number of anilines is 1. The molecule has 0 amide bonds. The molecule has 0 unspecified atom stereocenters. The summed E-state index contributed by atoms with van der Waals surface area (Å²) in [7, 11) is 0. The third kappa shape index (κ3) is 2.66. The van der Waals surface area contributed by atoms with E-state index in [9.17, 15) is 15.2 Å². The molecular formula is C15H12N2O3S. The molecule has 3 rings (SSSR count). The lowest BCUT2D eigenvalue weighted by Crippen LogP contribution is -1.98. The monoisotopic (exact) mass is 300 g/mol. The van der Waals surface area contributed by atoms with Gasteiger partial charge < -0.3 is 10.4 Å². The van der Waals surface area contributed by atoms with Crippen LogP contribution < -0.4 is 5.32 Å². The molecule has 5 nitrogen and oxygen atoms in total. The highest BCUT2D eigenvalue weighted by Crippen LogP contribution is 2.30. The molecule has 0 aliphatic heterocycles. The molecule has 0 aliphatic carbocycles. The second kappa shape index (κ2) is 5.41. The first-order valence-corrected chi connectivity index (χ1v) is 7.19. The van der Waals surface area contributed by atoms with Crippen LogP contribution in [0, 0.1) is 10.1 Å². The Morgan fingerprint density at radius 3 is 2.71 bits per heavy atom. The summed E-state index contributed by atoms with van der Waals surface area (Å²) < 4.78 is 0. The van der Waals surface area contributed by atoms with Gasteiger partial charge in [-0.15, -0.1) is 0 Å². The van der Waals surface area contributed by atoms with Gasteiger partial charge in [0.05, 0.1) is 4.92 Å². The number of aromatic hydroxyl groups is 1. The van der Waals surface area contributed by atoms with Crippen LogP contribution in [0.25, 0.3) is 10.8 Å². The first-order valence-electron chi connectivity index (χ1n) is 6.31. The van der Waals surface area contributed by atoms with Gasteiger partial charge in [0.1, 0.15) is 5.75 Å². The summed E-state index contributed by atoms with van der Waals surface area (Å²) in [5.74, 6) is 0.238. The maximum absolute atomic E-state index is 10.7. The second-order valence-electron chi connectivity index (χ2n) is 4.58. The summed E-state index contributed by atoms with van der Waals surface area (Å²) in [6, 6.07) is 12.6. The minimum Gasteiger partial charge on any atom is -0.507 e. The third-order valence-corrected chi connectivity index (χ3v) is 4.13. The standard InChI is InChI=1S/C15H12N2O3S/c18-14-6-2-3-11-12(14)4-1-5-13(11)16-8-10-7-15(17(19)20)21-9-10/h1-7,9,16,18H,8H2. The Balaban J connectivity index is 1.85. The number of fused-ring (bicyclic) bond motifs is 1. The van der Waals surface area contributed by atoms with Crippen molar-refractivity contribution < 1.29 is 10.0 Å². The van der Waals surface area contributed by atoms with Gasteiger partial charge >= 0.3 is 5.00 Å². The quantitative estimate of drug-likeness (QED) is 0.561. The molecule has 6 heteroatoms. The summed E-state index contributed by atoms with van der Waals surface area (Å²) in [6.07, 6.45) is 0. The lowest BCUT2D eigenvalue weighted by Gasteiger charge is -2.09. The van der Waals surface area contributed by atoms with Crippen LogP contribution in [-0.4, -0.2) is 10.0 Å². The largest absolute Gasteiger partial charge is 0.507 e.